The first-order valence-electron chi connectivity index (χ1n) is 13.5. The highest BCUT2D eigenvalue weighted by Crippen LogP contribution is 2.27. The van der Waals surface area contributed by atoms with Crippen LogP contribution in [0.3, 0.4) is 0 Å². The molecule has 2 aromatic heterocycles. The first-order chi connectivity index (χ1) is 19.4. The third-order valence-corrected chi connectivity index (χ3v) is 7.98. The van der Waals surface area contributed by atoms with Gasteiger partial charge in [-0.05, 0) is 49.0 Å². The Morgan fingerprint density at radius 1 is 0.925 bits per heavy atom. The number of nitrogens with zero attached hydrogens (tertiary/aromatic N) is 6. The number of benzene rings is 2. The van der Waals surface area contributed by atoms with Crippen molar-refractivity contribution in [3.8, 4) is 5.69 Å². The third-order valence-electron chi connectivity index (χ3n) is 7.61. The van der Waals surface area contributed by atoms with Gasteiger partial charge in [-0.15, -0.1) is 0 Å². The Kier molecular flexibility index (Phi) is 7.95. The van der Waals surface area contributed by atoms with E-state index in [1.54, 1.807) is 17.0 Å². The van der Waals surface area contributed by atoms with Crippen molar-refractivity contribution in [1.82, 2.24) is 29.2 Å². The highest BCUT2D eigenvalue weighted by Gasteiger charge is 2.19. The Morgan fingerprint density at radius 3 is 2.40 bits per heavy atom. The fourth-order valence-corrected chi connectivity index (χ4v) is 5.38. The fraction of sp³-hybridized carbons (Fsp3) is 0.379. The van der Waals surface area contributed by atoms with Crippen LogP contribution in [-0.4, -0.2) is 88.8 Å². The van der Waals surface area contributed by atoms with Gasteiger partial charge in [-0.1, -0.05) is 11.6 Å². The lowest BCUT2D eigenvalue weighted by Gasteiger charge is -2.32. The topological polar surface area (TPSA) is 61.7 Å². The number of fused-ring (bicyclic) bond motifs is 1. The molecular weight excluding hydrogens is 536 g/mol. The maximum Gasteiger partial charge on any atom is 0.229 e. The van der Waals surface area contributed by atoms with Crippen LogP contribution in [0, 0.1) is 11.6 Å². The Balaban J connectivity index is 1.22. The standard InChI is InChI=1S/C29H32ClF2N7O/c1-36-6-8-37(9-7-36)18-21-14-22(2-3-25(21)30)34-29-33-17-20-4-5-39(28(20)35-29)23-15-26(31)24(27(32)16-23)19-38-10-12-40-13-11-38/h2-5,14-17H,6-13,18-19H2,1H3,(H,33,34,35). The molecule has 6 rings (SSSR count). The van der Waals surface area contributed by atoms with E-state index in [-0.39, 0.29) is 12.1 Å². The number of ether oxygens (including phenoxy) is 1. The molecule has 2 fully saturated rings. The number of hydrogen-bond acceptors (Lipinski definition) is 7. The van der Waals surface area contributed by atoms with Gasteiger partial charge in [0.05, 0.1) is 18.9 Å². The van der Waals surface area contributed by atoms with Gasteiger partial charge in [0.25, 0.3) is 0 Å². The average Bonchev–Trinajstić information content (AvgIpc) is 3.38. The van der Waals surface area contributed by atoms with Gasteiger partial charge in [0, 0.05) is 86.4 Å². The number of rotatable bonds is 7. The van der Waals surface area contributed by atoms with Crippen molar-refractivity contribution < 1.29 is 13.5 Å². The monoisotopic (exact) mass is 567 g/mol. The summed E-state index contributed by atoms with van der Waals surface area (Å²) >= 11 is 6.52. The second-order valence-electron chi connectivity index (χ2n) is 10.4. The SMILES string of the molecule is CN1CCN(Cc2cc(Nc3ncc4ccn(-c5cc(F)c(CN6CCOCC6)c(F)c5)c4n3)ccc2Cl)CC1. The number of likely N-dealkylation sites (N-methyl/N-ethyl adjacent to an activating group) is 1. The van der Waals surface area contributed by atoms with Crippen LogP contribution in [0.4, 0.5) is 20.4 Å². The fourth-order valence-electron chi connectivity index (χ4n) is 5.20. The van der Waals surface area contributed by atoms with Crippen molar-refractivity contribution in [1.29, 1.82) is 0 Å². The lowest BCUT2D eigenvalue weighted by atomic mass is 10.1. The Hall–Kier alpha value is -3.15. The highest BCUT2D eigenvalue weighted by atomic mass is 35.5. The highest BCUT2D eigenvalue weighted by molar-refractivity contribution is 6.31. The van der Waals surface area contributed by atoms with Crippen molar-refractivity contribution in [2.24, 2.45) is 0 Å². The third kappa shape index (κ3) is 5.96. The van der Waals surface area contributed by atoms with E-state index in [4.69, 9.17) is 16.3 Å². The normalized spacial score (nSPS) is 17.5. The van der Waals surface area contributed by atoms with E-state index in [1.807, 2.05) is 29.2 Å². The minimum atomic E-state index is -0.579. The van der Waals surface area contributed by atoms with Crippen molar-refractivity contribution >= 4 is 34.3 Å². The molecule has 210 valence electrons. The second kappa shape index (κ2) is 11.8. The predicted octanol–water partition coefficient (Wildman–Crippen LogP) is 4.68. The molecule has 4 heterocycles. The Morgan fingerprint density at radius 2 is 1.65 bits per heavy atom. The van der Waals surface area contributed by atoms with Crippen LogP contribution >= 0.6 is 11.6 Å². The smallest absolute Gasteiger partial charge is 0.229 e. The van der Waals surface area contributed by atoms with Crippen molar-refractivity contribution in [3.05, 3.63) is 76.6 Å². The molecule has 0 bridgehead atoms. The van der Waals surface area contributed by atoms with Gasteiger partial charge >= 0.3 is 0 Å². The van der Waals surface area contributed by atoms with Crippen LogP contribution in [0.25, 0.3) is 16.7 Å². The first-order valence-corrected chi connectivity index (χ1v) is 13.9. The molecule has 0 atom stereocenters. The quantitative estimate of drug-likeness (QED) is 0.348. The van der Waals surface area contributed by atoms with Gasteiger partial charge < -0.3 is 19.5 Å². The zero-order valence-corrected chi connectivity index (χ0v) is 23.2. The number of anilines is 2. The molecule has 4 aromatic rings. The zero-order chi connectivity index (χ0) is 27.6. The predicted molar refractivity (Wildman–Crippen MR) is 152 cm³/mol. The summed E-state index contributed by atoms with van der Waals surface area (Å²) < 4.78 is 37.2. The van der Waals surface area contributed by atoms with Gasteiger partial charge in [0.1, 0.15) is 17.3 Å². The molecule has 0 amide bonds. The van der Waals surface area contributed by atoms with E-state index >= 15 is 8.78 Å². The number of morpholine rings is 1. The van der Waals surface area contributed by atoms with E-state index in [2.05, 4.69) is 32.1 Å². The number of nitrogens with one attached hydrogen (secondary N) is 1. The van der Waals surface area contributed by atoms with Crippen LogP contribution in [0.2, 0.25) is 5.02 Å². The van der Waals surface area contributed by atoms with Gasteiger partial charge in [0.2, 0.25) is 5.95 Å². The molecule has 0 unspecified atom stereocenters. The molecule has 1 N–H and O–H groups in total. The number of piperazine rings is 1. The van der Waals surface area contributed by atoms with Crippen molar-refractivity contribution in [2.75, 3.05) is 64.8 Å². The average molecular weight is 568 g/mol. The Labute approximate surface area is 237 Å². The maximum atomic E-state index is 15.1. The molecule has 2 aliphatic rings. The van der Waals surface area contributed by atoms with E-state index in [1.165, 1.54) is 12.1 Å². The van der Waals surface area contributed by atoms with Gasteiger partial charge in [-0.3, -0.25) is 9.80 Å². The molecule has 0 spiro atoms. The number of hydrogen-bond donors (Lipinski definition) is 1. The molecule has 0 aliphatic carbocycles. The number of halogens is 3. The summed E-state index contributed by atoms with van der Waals surface area (Å²) in [6.45, 7) is 7.49. The second-order valence-corrected chi connectivity index (χ2v) is 10.9. The Bertz CT molecular complexity index is 1480. The number of aromatic nitrogens is 3. The molecule has 0 radical (unpaired) electrons. The van der Waals surface area contributed by atoms with E-state index in [0.717, 1.165) is 54.4 Å². The van der Waals surface area contributed by atoms with Crippen LogP contribution in [0.15, 0.2) is 48.8 Å². The van der Waals surface area contributed by atoms with Gasteiger partial charge in [-0.25, -0.2) is 13.8 Å². The molecule has 2 aliphatic heterocycles. The summed E-state index contributed by atoms with van der Waals surface area (Å²) in [4.78, 5) is 15.8. The van der Waals surface area contributed by atoms with Crippen LogP contribution in [0.5, 0.6) is 0 Å². The molecule has 2 aromatic carbocycles. The van der Waals surface area contributed by atoms with E-state index < -0.39 is 11.6 Å². The minimum Gasteiger partial charge on any atom is -0.379 e. The van der Waals surface area contributed by atoms with Gasteiger partial charge in [0.15, 0.2) is 0 Å². The van der Waals surface area contributed by atoms with Crippen molar-refractivity contribution in [3.63, 3.8) is 0 Å². The summed E-state index contributed by atoms with van der Waals surface area (Å²) in [5, 5.41) is 4.75. The van der Waals surface area contributed by atoms with Crippen LogP contribution in [0.1, 0.15) is 11.1 Å². The largest absolute Gasteiger partial charge is 0.379 e. The molecule has 8 nitrogen and oxygen atoms in total. The van der Waals surface area contributed by atoms with Crippen molar-refractivity contribution in [2.45, 2.75) is 13.1 Å². The zero-order valence-electron chi connectivity index (χ0n) is 22.4. The summed E-state index contributed by atoms with van der Waals surface area (Å²) in [7, 11) is 2.14. The van der Waals surface area contributed by atoms with Gasteiger partial charge in [-0.2, -0.15) is 4.98 Å². The van der Waals surface area contributed by atoms with Crippen LogP contribution in [-0.2, 0) is 17.8 Å². The summed E-state index contributed by atoms with van der Waals surface area (Å²) in [5.74, 6) is -0.778. The lowest BCUT2D eigenvalue weighted by Crippen LogP contribution is -2.43. The molecule has 0 saturated carbocycles. The molecule has 11 heteroatoms. The summed E-state index contributed by atoms with van der Waals surface area (Å²) in [6, 6.07) is 10.3. The molecular formula is C29H32ClF2N7O. The minimum absolute atomic E-state index is 0.0641. The lowest BCUT2D eigenvalue weighted by molar-refractivity contribution is 0.0332. The van der Waals surface area contributed by atoms with Crippen LogP contribution < -0.4 is 5.32 Å². The van der Waals surface area contributed by atoms with E-state index in [9.17, 15) is 0 Å². The molecule has 40 heavy (non-hydrogen) atoms. The molecule has 2 saturated heterocycles. The van der Waals surface area contributed by atoms with E-state index in [0.29, 0.717) is 43.6 Å². The summed E-state index contributed by atoms with van der Waals surface area (Å²) in [5.41, 5.74) is 2.82. The first kappa shape index (κ1) is 27.0. The summed E-state index contributed by atoms with van der Waals surface area (Å²) in [6.07, 6.45) is 3.44. The maximum absolute atomic E-state index is 15.1.